The standard InChI is InChI=1S/C9H10O4/c1-12-9(11)8-6(10)4-5-2-3-7(8)13-5/h2-3,5,7-8H,4H2,1H3/t5-,7+,8?/m1/s1. The summed E-state index contributed by atoms with van der Waals surface area (Å²) in [6, 6.07) is 0. The molecule has 1 unspecified atom stereocenters. The van der Waals surface area contributed by atoms with Crippen molar-refractivity contribution < 1.29 is 19.1 Å². The number of carbonyl (C=O) groups is 2. The van der Waals surface area contributed by atoms with Gasteiger partial charge in [-0.05, 0) is 0 Å². The summed E-state index contributed by atoms with van der Waals surface area (Å²) >= 11 is 0. The number of ether oxygens (including phenoxy) is 2. The number of ketones is 1. The van der Waals surface area contributed by atoms with Gasteiger partial charge in [0.15, 0.2) is 5.78 Å². The van der Waals surface area contributed by atoms with Crippen molar-refractivity contribution in [2.45, 2.75) is 18.6 Å². The van der Waals surface area contributed by atoms with E-state index in [2.05, 4.69) is 4.74 Å². The Kier molecular flexibility index (Phi) is 1.92. The summed E-state index contributed by atoms with van der Waals surface area (Å²) in [4.78, 5) is 22.6. The Morgan fingerprint density at radius 1 is 1.62 bits per heavy atom. The molecule has 0 amide bonds. The van der Waals surface area contributed by atoms with Gasteiger partial charge in [-0.2, -0.15) is 0 Å². The summed E-state index contributed by atoms with van der Waals surface area (Å²) in [5.41, 5.74) is 0. The Balaban J connectivity index is 2.21. The van der Waals surface area contributed by atoms with Gasteiger partial charge in [0.2, 0.25) is 0 Å². The average molecular weight is 182 g/mol. The van der Waals surface area contributed by atoms with Crippen molar-refractivity contribution in [2.24, 2.45) is 5.92 Å². The smallest absolute Gasteiger partial charge is 0.319 e. The fourth-order valence-electron chi connectivity index (χ4n) is 1.73. The lowest BCUT2D eigenvalue weighted by molar-refractivity contribution is -0.159. The van der Waals surface area contributed by atoms with E-state index in [0.29, 0.717) is 0 Å². The fourth-order valence-corrected chi connectivity index (χ4v) is 1.73. The monoisotopic (exact) mass is 182 g/mol. The number of carbonyl (C=O) groups excluding carboxylic acids is 2. The molecular weight excluding hydrogens is 172 g/mol. The largest absolute Gasteiger partial charge is 0.468 e. The molecule has 0 spiro atoms. The van der Waals surface area contributed by atoms with E-state index < -0.39 is 18.0 Å². The molecule has 70 valence electrons. The second kappa shape index (κ2) is 2.96. The highest BCUT2D eigenvalue weighted by molar-refractivity contribution is 6.01. The van der Waals surface area contributed by atoms with Crippen LogP contribution in [-0.4, -0.2) is 31.1 Å². The zero-order chi connectivity index (χ0) is 9.42. The van der Waals surface area contributed by atoms with Crippen molar-refractivity contribution in [3.8, 4) is 0 Å². The van der Waals surface area contributed by atoms with Gasteiger partial charge in [-0.1, -0.05) is 12.2 Å². The van der Waals surface area contributed by atoms with Crippen LogP contribution in [0.5, 0.6) is 0 Å². The second-order valence-corrected chi connectivity index (χ2v) is 3.20. The number of methoxy groups -OCH3 is 1. The first-order valence-corrected chi connectivity index (χ1v) is 4.16. The molecule has 1 fully saturated rings. The van der Waals surface area contributed by atoms with Gasteiger partial charge in [0, 0.05) is 6.42 Å². The third-order valence-electron chi connectivity index (χ3n) is 2.38. The Bertz CT molecular complexity index is 281. The minimum absolute atomic E-state index is 0.0851. The molecule has 2 heterocycles. The third kappa shape index (κ3) is 1.27. The van der Waals surface area contributed by atoms with E-state index in [0.717, 1.165) is 0 Å². The van der Waals surface area contributed by atoms with E-state index in [1.54, 1.807) is 6.08 Å². The zero-order valence-electron chi connectivity index (χ0n) is 7.23. The molecule has 0 aliphatic carbocycles. The second-order valence-electron chi connectivity index (χ2n) is 3.20. The van der Waals surface area contributed by atoms with Crippen LogP contribution in [0.15, 0.2) is 12.2 Å². The lowest BCUT2D eigenvalue weighted by atomic mass is 9.94. The molecule has 2 rings (SSSR count). The molecule has 4 nitrogen and oxygen atoms in total. The predicted octanol–water partition coefficient (Wildman–Crippen LogP) is 0.0720. The summed E-state index contributed by atoms with van der Waals surface area (Å²) in [5.74, 6) is -1.34. The maximum absolute atomic E-state index is 11.4. The molecular formula is C9H10O4. The summed E-state index contributed by atoms with van der Waals surface area (Å²) < 4.78 is 9.91. The molecule has 2 aliphatic rings. The number of Topliss-reactive ketones (excluding diaryl/α,β-unsaturated/α-hetero) is 1. The molecule has 2 bridgehead atoms. The van der Waals surface area contributed by atoms with Crippen LogP contribution in [0.2, 0.25) is 0 Å². The minimum atomic E-state index is -0.750. The first-order chi connectivity index (χ1) is 6.22. The van der Waals surface area contributed by atoms with Gasteiger partial charge in [-0.3, -0.25) is 9.59 Å². The summed E-state index contributed by atoms with van der Waals surface area (Å²) in [7, 11) is 1.28. The maximum atomic E-state index is 11.4. The fraction of sp³-hybridized carbons (Fsp3) is 0.556. The Labute approximate surface area is 75.5 Å². The average Bonchev–Trinajstić information content (AvgIpc) is 2.48. The summed E-state index contributed by atoms with van der Waals surface area (Å²) in [6.07, 6.45) is 3.34. The quantitative estimate of drug-likeness (QED) is 0.327. The molecule has 0 aromatic carbocycles. The van der Waals surface area contributed by atoms with Crippen molar-refractivity contribution in [3.05, 3.63) is 12.2 Å². The number of hydrogen-bond donors (Lipinski definition) is 0. The van der Waals surface area contributed by atoms with Crippen LogP contribution in [0.25, 0.3) is 0 Å². The molecule has 0 aromatic heterocycles. The van der Waals surface area contributed by atoms with Gasteiger partial charge in [-0.15, -0.1) is 0 Å². The van der Waals surface area contributed by atoms with Crippen molar-refractivity contribution >= 4 is 11.8 Å². The van der Waals surface area contributed by atoms with E-state index in [1.807, 2.05) is 6.08 Å². The first kappa shape index (κ1) is 8.44. The molecule has 3 atom stereocenters. The molecule has 0 aromatic rings. The molecule has 4 heteroatoms. The van der Waals surface area contributed by atoms with Crippen LogP contribution in [0.4, 0.5) is 0 Å². The Hall–Kier alpha value is -1.16. The molecule has 0 N–H and O–H groups in total. The minimum Gasteiger partial charge on any atom is -0.468 e. The highest BCUT2D eigenvalue weighted by atomic mass is 16.5. The topological polar surface area (TPSA) is 52.6 Å². The summed E-state index contributed by atoms with van der Waals surface area (Å²) in [5, 5.41) is 0. The zero-order valence-corrected chi connectivity index (χ0v) is 7.23. The Morgan fingerprint density at radius 3 is 3.08 bits per heavy atom. The van der Waals surface area contributed by atoms with Crippen LogP contribution in [0.3, 0.4) is 0 Å². The molecule has 1 saturated heterocycles. The van der Waals surface area contributed by atoms with Gasteiger partial charge in [0.05, 0.1) is 19.3 Å². The van der Waals surface area contributed by atoms with Crippen molar-refractivity contribution in [1.29, 1.82) is 0 Å². The van der Waals surface area contributed by atoms with Crippen molar-refractivity contribution in [1.82, 2.24) is 0 Å². The maximum Gasteiger partial charge on any atom is 0.319 e. The molecule has 0 radical (unpaired) electrons. The van der Waals surface area contributed by atoms with Crippen LogP contribution in [-0.2, 0) is 19.1 Å². The highest BCUT2D eigenvalue weighted by Gasteiger charge is 2.43. The van der Waals surface area contributed by atoms with E-state index in [9.17, 15) is 9.59 Å². The van der Waals surface area contributed by atoms with Gasteiger partial charge in [0.1, 0.15) is 5.92 Å². The predicted molar refractivity (Wildman–Crippen MR) is 42.9 cm³/mol. The Morgan fingerprint density at radius 2 is 2.38 bits per heavy atom. The number of hydrogen-bond acceptors (Lipinski definition) is 4. The molecule has 0 saturated carbocycles. The lowest BCUT2D eigenvalue weighted by Crippen LogP contribution is -2.41. The third-order valence-corrected chi connectivity index (χ3v) is 2.38. The molecule has 2 aliphatic heterocycles. The van der Waals surface area contributed by atoms with Crippen LogP contribution in [0.1, 0.15) is 6.42 Å². The number of fused-ring (bicyclic) bond motifs is 2. The number of rotatable bonds is 1. The van der Waals surface area contributed by atoms with Crippen molar-refractivity contribution in [2.75, 3.05) is 7.11 Å². The van der Waals surface area contributed by atoms with Gasteiger partial charge >= 0.3 is 5.97 Å². The van der Waals surface area contributed by atoms with E-state index in [4.69, 9.17) is 4.74 Å². The van der Waals surface area contributed by atoms with Crippen molar-refractivity contribution in [3.63, 3.8) is 0 Å². The van der Waals surface area contributed by atoms with Crippen LogP contribution in [0, 0.1) is 5.92 Å². The SMILES string of the molecule is COC(=O)C1C(=O)C[C@H]2C=C[C@@H]1O2. The normalized spacial score (nSPS) is 36.4. The molecule has 13 heavy (non-hydrogen) atoms. The van der Waals surface area contributed by atoms with E-state index in [-0.39, 0.29) is 18.3 Å². The van der Waals surface area contributed by atoms with Crippen LogP contribution >= 0.6 is 0 Å². The first-order valence-electron chi connectivity index (χ1n) is 4.16. The van der Waals surface area contributed by atoms with Gasteiger partial charge < -0.3 is 9.47 Å². The van der Waals surface area contributed by atoms with Crippen LogP contribution < -0.4 is 0 Å². The van der Waals surface area contributed by atoms with Gasteiger partial charge in [-0.25, -0.2) is 0 Å². The van der Waals surface area contributed by atoms with E-state index >= 15 is 0 Å². The summed E-state index contributed by atoms with van der Waals surface area (Å²) in [6.45, 7) is 0. The van der Waals surface area contributed by atoms with Gasteiger partial charge in [0.25, 0.3) is 0 Å². The lowest BCUT2D eigenvalue weighted by Gasteiger charge is -2.25. The number of esters is 1. The highest BCUT2D eigenvalue weighted by Crippen LogP contribution is 2.29. The van der Waals surface area contributed by atoms with E-state index in [1.165, 1.54) is 7.11 Å².